The van der Waals surface area contributed by atoms with Crippen molar-refractivity contribution in [2.24, 2.45) is 11.7 Å². The van der Waals surface area contributed by atoms with E-state index < -0.39 is 12.1 Å². The summed E-state index contributed by atoms with van der Waals surface area (Å²) in [5, 5.41) is 6.00. The van der Waals surface area contributed by atoms with Crippen LogP contribution in [0.15, 0.2) is 24.5 Å². The number of aromatic nitrogens is 1. The summed E-state index contributed by atoms with van der Waals surface area (Å²) in [5.41, 5.74) is 7.03. The maximum atomic E-state index is 12.0. The van der Waals surface area contributed by atoms with Gasteiger partial charge in [-0.25, -0.2) is 0 Å². The van der Waals surface area contributed by atoms with Gasteiger partial charge in [0.2, 0.25) is 12.2 Å². The zero-order valence-corrected chi connectivity index (χ0v) is 14.6. The van der Waals surface area contributed by atoms with E-state index in [1.54, 1.807) is 6.20 Å². The molecular weight excluding hydrogens is 304 g/mol. The second-order valence-electron chi connectivity index (χ2n) is 6.45. The van der Waals surface area contributed by atoms with Crippen LogP contribution < -0.4 is 16.4 Å². The molecule has 0 saturated heterocycles. The van der Waals surface area contributed by atoms with Crippen LogP contribution in [0.5, 0.6) is 0 Å². The number of carbonyl (C=O) groups is 1. The summed E-state index contributed by atoms with van der Waals surface area (Å²) < 4.78 is 0. The summed E-state index contributed by atoms with van der Waals surface area (Å²) >= 11 is 0. The molecule has 1 amide bonds. The Balaban J connectivity index is 2.13. The maximum absolute atomic E-state index is 12.0. The molecule has 2 atom stereocenters. The summed E-state index contributed by atoms with van der Waals surface area (Å²) in [6, 6.07) is 2.80. The highest BCUT2D eigenvalue weighted by atomic mass is 16.2. The molecule has 0 aromatic carbocycles. The van der Waals surface area contributed by atoms with E-state index in [1.807, 2.05) is 38.5 Å². The minimum absolute atomic E-state index is 0.271. The molecule has 0 aliphatic rings. The first-order valence-corrected chi connectivity index (χ1v) is 8.56. The number of rotatable bonds is 12. The van der Waals surface area contributed by atoms with Gasteiger partial charge in [-0.15, -0.1) is 0 Å². The minimum atomic E-state index is -0.577. The smallest absolute Gasteiger partial charge is 0.237 e. The van der Waals surface area contributed by atoms with E-state index in [4.69, 9.17) is 5.73 Å². The van der Waals surface area contributed by atoms with Crippen molar-refractivity contribution in [2.75, 3.05) is 6.54 Å². The molecule has 1 heterocycles. The highest BCUT2D eigenvalue weighted by Gasteiger charge is 2.18. The Labute approximate surface area is 144 Å². The van der Waals surface area contributed by atoms with E-state index >= 15 is 0 Å². The predicted molar refractivity (Wildman–Crippen MR) is 94.8 cm³/mol. The van der Waals surface area contributed by atoms with Crippen LogP contribution in [0.25, 0.3) is 0 Å². The van der Waals surface area contributed by atoms with Gasteiger partial charge in [0.15, 0.2) is 0 Å². The number of nitrogens with one attached hydrogen (secondary N) is 2. The SMILES string of the molecule is CC(C)C[C@@H]([C]=O)NC(=O)[C@@H](N)CCCCNCc1cccnc1. The van der Waals surface area contributed by atoms with Crippen LogP contribution in [0.4, 0.5) is 0 Å². The van der Waals surface area contributed by atoms with Crippen LogP contribution >= 0.6 is 0 Å². The molecule has 6 heteroatoms. The minimum Gasteiger partial charge on any atom is -0.344 e. The molecule has 0 bridgehead atoms. The van der Waals surface area contributed by atoms with Gasteiger partial charge >= 0.3 is 0 Å². The Kier molecular flexibility index (Phi) is 9.88. The van der Waals surface area contributed by atoms with Gasteiger partial charge in [-0.1, -0.05) is 26.3 Å². The Bertz CT molecular complexity index is 479. The molecule has 0 unspecified atom stereocenters. The molecule has 1 rings (SSSR count). The first-order chi connectivity index (χ1) is 11.5. The van der Waals surface area contributed by atoms with Crippen LogP contribution in [-0.2, 0) is 16.1 Å². The molecular formula is C18H29N4O2. The third-order valence-corrected chi connectivity index (χ3v) is 3.67. The molecule has 24 heavy (non-hydrogen) atoms. The van der Waals surface area contributed by atoms with E-state index in [9.17, 15) is 9.59 Å². The van der Waals surface area contributed by atoms with Crippen LogP contribution in [0.3, 0.4) is 0 Å². The lowest BCUT2D eigenvalue weighted by molar-refractivity contribution is -0.122. The maximum Gasteiger partial charge on any atom is 0.237 e. The second kappa shape index (κ2) is 11.7. The van der Waals surface area contributed by atoms with Gasteiger partial charge < -0.3 is 16.4 Å². The zero-order valence-electron chi connectivity index (χ0n) is 14.6. The van der Waals surface area contributed by atoms with Crippen LogP contribution in [0, 0.1) is 5.92 Å². The number of amides is 1. The largest absolute Gasteiger partial charge is 0.344 e. The Morgan fingerprint density at radius 1 is 1.38 bits per heavy atom. The molecule has 0 aliphatic heterocycles. The monoisotopic (exact) mass is 333 g/mol. The quantitative estimate of drug-likeness (QED) is 0.501. The number of carbonyl (C=O) groups excluding carboxylic acids is 2. The Hall–Kier alpha value is -1.79. The third-order valence-electron chi connectivity index (χ3n) is 3.67. The molecule has 0 fully saturated rings. The predicted octanol–water partition coefficient (Wildman–Crippen LogP) is 1.31. The molecule has 133 valence electrons. The number of hydrogen-bond acceptors (Lipinski definition) is 5. The van der Waals surface area contributed by atoms with Crippen LogP contribution in [-0.4, -0.2) is 35.8 Å². The van der Waals surface area contributed by atoms with Crippen molar-refractivity contribution >= 4 is 12.2 Å². The van der Waals surface area contributed by atoms with Crippen molar-refractivity contribution in [3.63, 3.8) is 0 Å². The first-order valence-electron chi connectivity index (χ1n) is 8.56. The molecule has 1 aromatic heterocycles. The van der Waals surface area contributed by atoms with Crippen LogP contribution in [0.2, 0.25) is 0 Å². The van der Waals surface area contributed by atoms with Gasteiger partial charge in [0.1, 0.15) is 0 Å². The van der Waals surface area contributed by atoms with E-state index in [1.165, 1.54) is 0 Å². The van der Waals surface area contributed by atoms with Crippen molar-refractivity contribution in [2.45, 2.75) is 58.2 Å². The highest BCUT2D eigenvalue weighted by molar-refractivity contribution is 5.84. The molecule has 6 nitrogen and oxygen atoms in total. The number of pyridine rings is 1. The topological polar surface area (TPSA) is 97.1 Å². The Morgan fingerprint density at radius 3 is 2.79 bits per heavy atom. The lowest BCUT2D eigenvalue weighted by Gasteiger charge is -2.17. The fraction of sp³-hybridized carbons (Fsp3) is 0.611. The molecule has 0 aliphatic carbocycles. The van der Waals surface area contributed by atoms with Gasteiger partial charge in [0, 0.05) is 18.9 Å². The molecule has 1 aromatic rings. The summed E-state index contributed by atoms with van der Waals surface area (Å²) in [6.07, 6.45) is 8.44. The van der Waals surface area contributed by atoms with Gasteiger partial charge in [-0.3, -0.25) is 14.6 Å². The Morgan fingerprint density at radius 2 is 2.17 bits per heavy atom. The van der Waals surface area contributed by atoms with Gasteiger partial charge in [-0.2, -0.15) is 0 Å². The molecule has 0 saturated carbocycles. The number of unbranched alkanes of at least 4 members (excludes halogenated alkanes) is 1. The molecule has 1 radical (unpaired) electrons. The highest BCUT2D eigenvalue weighted by Crippen LogP contribution is 2.04. The average molecular weight is 333 g/mol. The van der Waals surface area contributed by atoms with Crippen LogP contribution in [0.1, 0.15) is 45.1 Å². The first kappa shape index (κ1) is 20.3. The van der Waals surface area contributed by atoms with E-state index in [2.05, 4.69) is 15.6 Å². The fourth-order valence-electron chi connectivity index (χ4n) is 2.37. The number of hydrogen-bond donors (Lipinski definition) is 3. The lowest BCUT2D eigenvalue weighted by atomic mass is 10.0. The van der Waals surface area contributed by atoms with Gasteiger partial charge in [-0.05, 0) is 43.4 Å². The third kappa shape index (κ3) is 8.74. The number of nitrogens with two attached hydrogens (primary N) is 1. The van der Waals surface area contributed by atoms with Gasteiger partial charge in [0.05, 0.1) is 12.1 Å². The normalized spacial score (nSPS) is 13.5. The summed E-state index contributed by atoms with van der Waals surface area (Å²) in [7, 11) is 0. The van der Waals surface area contributed by atoms with Crippen molar-refractivity contribution < 1.29 is 9.59 Å². The average Bonchev–Trinajstić information content (AvgIpc) is 2.57. The van der Waals surface area contributed by atoms with Crippen molar-refractivity contribution in [1.82, 2.24) is 15.6 Å². The summed E-state index contributed by atoms with van der Waals surface area (Å²) in [5.74, 6) is 0.0474. The van der Waals surface area contributed by atoms with Crippen molar-refractivity contribution in [1.29, 1.82) is 0 Å². The zero-order chi connectivity index (χ0) is 17.8. The van der Waals surface area contributed by atoms with Gasteiger partial charge in [0.25, 0.3) is 0 Å². The molecule has 0 spiro atoms. The fourth-order valence-corrected chi connectivity index (χ4v) is 2.37. The van der Waals surface area contributed by atoms with Crippen molar-refractivity contribution in [3.8, 4) is 0 Å². The van der Waals surface area contributed by atoms with Crippen molar-refractivity contribution in [3.05, 3.63) is 30.1 Å². The van der Waals surface area contributed by atoms with E-state index in [0.29, 0.717) is 18.8 Å². The standard InChI is InChI=1S/C18H29N4O2/c1-14(2)10-16(13-23)22-18(24)17(19)7-3-4-8-20-11-15-6-5-9-21-12-15/h5-6,9,12,14,16-17,20H,3-4,7-8,10-11,19H2,1-2H3,(H,22,24)/t16-,17-/m0/s1. The van der Waals surface area contributed by atoms with E-state index in [0.717, 1.165) is 31.5 Å². The van der Waals surface area contributed by atoms with E-state index in [-0.39, 0.29) is 5.91 Å². The summed E-state index contributed by atoms with van der Waals surface area (Å²) in [4.78, 5) is 26.9. The summed E-state index contributed by atoms with van der Waals surface area (Å²) in [6.45, 7) is 5.64. The second-order valence-corrected chi connectivity index (χ2v) is 6.45. The molecule has 4 N–H and O–H groups in total. The number of nitrogens with zero attached hydrogens (tertiary/aromatic N) is 1. The lowest BCUT2D eigenvalue weighted by Crippen LogP contribution is -2.46.